The number of rotatable bonds is 8. The first kappa shape index (κ1) is 16.5. The predicted octanol–water partition coefficient (Wildman–Crippen LogP) is 0.828. The van der Waals surface area contributed by atoms with Crippen molar-refractivity contribution in [1.82, 2.24) is 10.6 Å². The number of carbonyl (C=O) groups excluding carboxylic acids is 1. The maximum Gasteiger partial charge on any atom is 0.326 e. The largest absolute Gasteiger partial charge is 0.481 e. The summed E-state index contributed by atoms with van der Waals surface area (Å²) in [6.45, 7) is 1.75. The summed E-state index contributed by atoms with van der Waals surface area (Å²) in [5.74, 6) is -1.69. The molecule has 0 fully saturated rings. The monoisotopic (exact) mass is 298 g/mol. The number of amides is 2. The van der Waals surface area contributed by atoms with Crippen molar-refractivity contribution < 1.29 is 29.0 Å². The SMILES string of the molecule is CC(Cc1ccco1)NC(=O)NC(CCC(=O)O)C(=O)O. The van der Waals surface area contributed by atoms with Crippen molar-refractivity contribution in [1.29, 1.82) is 0 Å². The number of carbonyl (C=O) groups is 3. The van der Waals surface area contributed by atoms with Crippen molar-refractivity contribution in [2.75, 3.05) is 0 Å². The molecule has 0 aliphatic carbocycles. The van der Waals surface area contributed by atoms with Crippen LogP contribution in [-0.2, 0) is 16.0 Å². The first-order chi connectivity index (χ1) is 9.88. The van der Waals surface area contributed by atoms with Crippen LogP contribution < -0.4 is 10.6 Å². The van der Waals surface area contributed by atoms with Crippen LogP contribution in [0.25, 0.3) is 0 Å². The highest BCUT2D eigenvalue weighted by Crippen LogP contribution is 2.04. The minimum atomic E-state index is -1.27. The lowest BCUT2D eigenvalue weighted by Gasteiger charge is -2.17. The fourth-order valence-electron chi connectivity index (χ4n) is 1.73. The van der Waals surface area contributed by atoms with Crippen LogP contribution in [0.3, 0.4) is 0 Å². The Morgan fingerprint density at radius 2 is 2.00 bits per heavy atom. The van der Waals surface area contributed by atoms with Gasteiger partial charge in [0.05, 0.1) is 6.26 Å². The lowest BCUT2D eigenvalue weighted by atomic mass is 10.1. The van der Waals surface area contributed by atoms with E-state index in [4.69, 9.17) is 14.6 Å². The van der Waals surface area contributed by atoms with Gasteiger partial charge in [0, 0.05) is 18.9 Å². The van der Waals surface area contributed by atoms with Gasteiger partial charge in [-0.1, -0.05) is 0 Å². The van der Waals surface area contributed by atoms with Gasteiger partial charge in [0.2, 0.25) is 0 Å². The predicted molar refractivity (Wildman–Crippen MR) is 71.8 cm³/mol. The maximum atomic E-state index is 11.7. The second-order valence-electron chi connectivity index (χ2n) is 4.63. The van der Waals surface area contributed by atoms with Gasteiger partial charge in [0.1, 0.15) is 11.8 Å². The molecule has 8 heteroatoms. The second kappa shape index (κ2) is 7.93. The van der Waals surface area contributed by atoms with E-state index in [0.717, 1.165) is 0 Å². The molecule has 1 aromatic rings. The summed E-state index contributed by atoms with van der Waals surface area (Å²) in [5.41, 5.74) is 0. The minimum Gasteiger partial charge on any atom is -0.481 e. The van der Waals surface area contributed by atoms with Gasteiger partial charge < -0.3 is 25.3 Å². The smallest absolute Gasteiger partial charge is 0.326 e. The van der Waals surface area contributed by atoms with Crippen LogP contribution in [0.15, 0.2) is 22.8 Å². The molecule has 8 nitrogen and oxygen atoms in total. The molecule has 0 aromatic carbocycles. The third-order valence-electron chi connectivity index (χ3n) is 2.72. The number of hydrogen-bond donors (Lipinski definition) is 4. The Kier molecular flexibility index (Phi) is 6.25. The molecule has 0 spiro atoms. The molecule has 2 unspecified atom stereocenters. The Labute approximate surface area is 121 Å². The quantitative estimate of drug-likeness (QED) is 0.562. The van der Waals surface area contributed by atoms with Gasteiger partial charge in [0.25, 0.3) is 0 Å². The molecule has 4 N–H and O–H groups in total. The summed E-state index contributed by atoms with van der Waals surface area (Å²) in [4.78, 5) is 33.1. The van der Waals surface area contributed by atoms with E-state index in [9.17, 15) is 14.4 Å². The van der Waals surface area contributed by atoms with Crippen LogP contribution in [0.1, 0.15) is 25.5 Å². The summed E-state index contributed by atoms with van der Waals surface area (Å²) in [5, 5.41) is 22.3. The average molecular weight is 298 g/mol. The lowest BCUT2D eigenvalue weighted by molar-refractivity contribution is -0.140. The standard InChI is InChI=1S/C13H18N2O6/c1-8(7-9-3-2-6-21-9)14-13(20)15-10(12(18)19)4-5-11(16)17/h2-3,6,8,10H,4-5,7H2,1H3,(H,16,17)(H,18,19)(H2,14,15,20). The highest BCUT2D eigenvalue weighted by atomic mass is 16.4. The number of urea groups is 1. The zero-order valence-electron chi connectivity index (χ0n) is 11.5. The fourth-order valence-corrected chi connectivity index (χ4v) is 1.73. The van der Waals surface area contributed by atoms with Crippen LogP contribution >= 0.6 is 0 Å². The molecule has 1 aromatic heterocycles. The molecule has 1 heterocycles. The van der Waals surface area contributed by atoms with E-state index in [1.54, 1.807) is 19.1 Å². The van der Waals surface area contributed by atoms with Crippen molar-refractivity contribution >= 4 is 18.0 Å². The molecule has 0 bridgehead atoms. The minimum absolute atomic E-state index is 0.176. The summed E-state index contributed by atoms with van der Waals surface area (Å²) in [6, 6.07) is 1.34. The number of aliphatic carboxylic acids is 2. The summed E-state index contributed by atoms with van der Waals surface area (Å²) >= 11 is 0. The highest BCUT2D eigenvalue weighted by molar-refractivity contribution is 5.83. The Morgan fingerprint density at radius 1 is 1.29 bits per heavy atom. The number of carboxylic acids is 2. The topological polar surface area (TPSA) is 129 Å². The number of nitrogens with one attached hydrogen (secondary N) is 2. The highest BCUT2D eigenvalue weighted by Gasteiger charge is 2.21. The number of carboxylic acid groups (broad SMARTS) is 2. The van der Waals surface area contributed by atoms with E-state index in [2.05, 4.69) is 10.6 Å². The molecule has 0 aliphatic rings. The van der Waals surface area contributed by atoms with Gasteiger partial charge in [-0.25, -0.2) is 9.59 Å². The van der Waals surface area contributed by atoms with Crippen molar-refractivity contribution in [3.05, 3.63) is 24.2 Å². The van der Waals surface area contributed by atoms with E-state index in [1.807, 2.05) is 0 Å². The van der Waals surface area contributed by atoms with Crippen LogP contribution in [0, 0.1) is 0 Å². The Hall–Kier alpha value is -2.51. The Bertz CT molecular complexity index is 485. The summed E-state index contributed by atoms with van der Waals surface area (Å²) in [7, 11) is 0. The Morgan fingerprint density at radius 3 is 2.52 bits per heavy atom. The van der Waals surface area contributed by atoms with Gasteiger partial charge in [-0.15, -0.1) is 0 Å². The van der Waals surface area contributed by atoms with Gasteiger partial charge in [-0.2, -0.15) is 0 Å². The molecule has 0 saturated carbocycles. The van der Waals surface area contributed by atoms with Crippen LogP contribution in [0.5, 0.6) is 0 Å². The van der Waals surface area contributed by atoms with E-state index in [-0.39, 0.29) is 18.9 Å². The zero-order chi connectivity index (χ0) is 15.8. The zero-order valence-corrected chi connectivity index (χ0v) is 11.5. The van der Waals surface area contributed by atoms with Gasteiger partial charge in [0.15, 0.2) is 0 Å². The van der Waals surface area contributed by atoms with Gasteiger partial charge in [-0.3, -0.25) is 4.79 Å². The molecule has 21 heavy (non-hydrogen) atoms. The molecular formula is C13H18N2O6. The lowest BCUT2D eigenvalue weighted by Crippen LogP contribution is -2.48. The van der Waals surface area contributed by atoms with Crippen LogP contribution in [0.2, 0.25) is 0 Å². The molecule has 2 amide bonds. The first-order valence-corrected chi connectivity index (χ1v) is 6.42. The molecule has 0 radical (unpaired) electrons. The Balaban J connectivity index is 2.42. The number of hydrogen-bond acceptors (Lipinski definition) is 4. The first-order valence-electron chi connectivity index (χ1n) is 6.42. The number of furan rings is 1. The molecule has 116 valence electrons. The third kappa shape index (κ3) is 6.46. The molecule has 2 atom stereocenters. The molecule has 0 aliphatic heterocycles. The maximum absolute atomic E-state index is 11.7. The van der Waals surface area contributed by atoms with Crippen LogP contribution in [-0.4, -0.2) is 40.3 Å². The molecule has 1 rings (SSSR count). The van der Waals surface area contributed by atoms with Crippen molar-refractivity contribution in [2.45, 2.75) is 38.3 Å². The summed E-state index contributed by atoms with van der Waals surface area (Å²) < 4.78 is 5.14. The van der Waals surface area contributed by atoms with E-state index >= 15 is 0 Å². The second-order valence-corrected chi connectivity index (χ2v) is 4.63. The normalized spacial score (nSPS) is 13.2. The molecule has 0 saturated heterocycles. The summed E-state index contributed by atoms with van der Waals surface area (Å²) in [6.07, 6.45) is 1.48. The molecular weight excluding hydrogens is 280 g/mol. The van der Waals surface area contributed by atoms with E-state index in [1.165, 1.54) is 6.26 Å². The van der Waals surface area contributed by atoms with Crippen molar-refractivity contribution in [3.63, 3.8) is 0 Å². The van der Waals surface area contributed by atoms with Crippen molar-refractivity contribution in [3.8, 4) is 0 Å². The third-order valence-corrected chi connectivity index (χ3v) is 2.72. The van der Waals surface area contributed by atoms with E-state index < -0.39 is 24.0 Å². The average Bonchev–Trinajstić information content (AvgIpc) is 2.86. The van der Waals surface area contributed by atoms with Gasteiger partial charge in [-0.05, 0) is 25.5 Å². The van der Waals surface area contributed by atoms with E-state index in [0.29, 0.717) is 12.2 Å². The van der Waals surface area contributed by atoms with Crippen molar-refractivity contribution in [2.24, 2.45) is 0 Å². The fraction of sp³-hybridized carbons (Fsp3) is 0.462. The van der Waals surface area contributed by atoms with Gasteiger partial charge >= 0.3 is 18.0 Å². The van der Waals surface area contributed by atoms with Crippen LogP contribution in [0.4, 0.5) is 4.79 Å².